The molecule has 2 N–H and O–H groups in total. The third-order valence-corrected chi connectivity index (χ3v) is 2.04. The van der Waals surface area contributed by atoms with Gasteiger partial charge in [-0.2, -0.15) is 0 Å². The van der Waals surface area contributed by atoms with Gasteiger partial charge >= 0.3 is 5.97 Å². The fourth-order valence-electron chi connectivity index (χ4n) is 1.15. The van der Waals surface area contributed by atoms with Gasteiger partial charge < -0.3 is 10.4 Å². The Bertz CT molecular complexity index is 259. The minimum Gasteiger partial charge on any atom is -0.481 e. The fraction of sp³-hybridized carbons (Fsp3) is 0.636. The number of carboxylic acid groups (broad SMARTS) is 1. The van der Waals surface area contributed by atoms with Crippen LogP contribution in [0.3, 0.4) is 0 Å². The maximum atomic E-state index is 11.5. The molecule has 0 bridgehead atoms. The minimum atomic E-state index is -0.836. The first kappa shape index (κ1) is 13.7. The highest BCUT2D eigenvalue weighted by Crippen LogP contribution is 2.00. The molecule has 0 aliphatic rings. The van der Waals surface area contributed by atoms with Crippen LogP contribution in [-0.2, 0) is 9.59 Å². The van der Waals surface area contributed by atoms with Gasteiger partial charge in [0.15, 0.2) is 0 Å². The van der Waals surface area contributed by atoms with Gasteiger partial charge in [0, 0.05) is 18.0 Å². The molecule has 0 aliphatic heterocycles. The lowest BCUT2D eigenvalue weighted by atomic mass is 10.1. The SMILES string of the molecule is CC/C=C(\C)C(=O)NC(C)CCC(=O)O. The number of allylic oxidation sites excluding steroid dienone is 1. The second kappa shape index (κ2) is 7.04. The van der Waals surface area contributed by atoms with E-state index >= 15 is 0 Å². The molecule has 15 heavy (non-hydrogen) atoms. The summed E-state index contributed by atoms with van der Waals surface area (Å²) in [5.74, 6) is -0.952. The molecule has 1 atom stereocenters. The number of hydrogen-bond acceptors (Lipinski definition) is 2. The van der Waals surface area contributed by atoms with E-state index in [2.05, 4.69) is 5.32 Å². The van der Waals surface area contributed by atoms with Crippen molar-refractivity contribution >= 4 is 11.9 Å². The molecule has 0 heterocycles. The van der Waals surface area contributed by atoms with Gasteiger partial charge in [-0.25, -0.2) is 0 Å². The summed E-state index contributed by atoms with van der Waals surface area (Å²) >= 11 is 0. The highest BCUT2D eigenvalue weighted by atomic mass is 16.4. The normalized spacial score (nSPS) is 13.4. The van der Waals surface area contributed by atoms with E-state index in [0.29, 0.717) is 12.0 Å². The summed E-state index contributed by atoms with van der Waals surface area (Å²) in [5.41, 5.74) is 0.680. The average molecular weight is 213 g/mol. The van der Waals surface area contributed by atoms with Crippen molar-refractivity contribution in [3.05, 3.63) is 11.6 Å². The van der Waals surface area contributed by atoms with Gasteiger partial charge in [0.05, 0.1) is 0 Å². The molecule has 86 valence electrons. The first-order valence-corrected chi connectivity index (χ1v) is 5.16. The van der Waals surface area contributed by atoms with E-state index in [1.165, 1.54) is 0 Å². The standard InChI is InChI=1S/C11H19NO3/c1-4-5-8(2)11(15)12-9(3)6-7-10(13)14/h5,9H,4,6-7H2,1-3H3,(H,12,15)(H,13,14)/b8-5+. The molecular formula is C11H19NO3. The van der Waals surface area contributed by atoms with Crippen LogP contribution in [0.25, 0.3) is 0 Å². The van der Waals surface area contributed by atoms with Gasteiger partial charge in [0.1, 0.15) is 0 Å². The minimum absolute atomic E-state index is 0.0813. The summed E-state index contributed by atoms with van der Waals surface area (Å²) < 4.78 is 0. The smallest absolute Gasteiger partial charge is 0.303 e. The summed E-state index contributed by atoms with van der Waals surface area (Å²) in [4.78, 5) is 21.8. The number of nitrogens with one attached hydrogen (secondary N) is 1. The number of carbonyl (C=O) groups excluding carboxylic acids is 1. The molecule has 1 amide bonds. The number of hydrogen-bond donors (Lipinski definition) is 2. The van der Waals surface area contributed by atoms with Crippen LogP contribution in [0.15, 0.2) is 11.6 Å². The van der Waals surface area contributed by atoms with E-state index < -0.39 is 5.97 Å². The molecule has 4 heteroatoms. The van der Waals surface area contributed by atoms with Crippen molar-refractivity contribution in [1.29, 1.82) is 0 Å². The third-order valence-electron chi connectivity index (χ3n) is 2.04. The monoisotopic (exact) mass is 213 g/mol. The van der Waals surface area contributed by atoms with Crippen LogP contribution in [0, 0.1) is 0 Å². The van der Waals surface area contributed by atoms with Gasteiger partial charge in [-0.15, -0.1) is 0 Å². The zero-order valence-corrected chi connectivity index (χ0v) is 9.54. The molecule has 0 aromatic heterocycles. The lowest BCUT2D eigenvalue weighted by Crippen LogP contribution is -2.33. The molecule has 1 unspecified atom stereocenters. The molecule has 0 saturated heterocycles. The van der Waals surface area contributed by atoms with E-state index in [1.807, 2.05) is 13.0 Å². The molecular weight excluding hydrogens is 194 g/mol. The lowest BCUT2D eigenvalue weighted by Gasteiger charge is -2.12. The summed E-state index contributed by atoms with van der Waals surface area (Å²) in [6.07, 6.45) is 3.21. The Balaban J connectivity index is 3.96. The van der Waals surface area contributed by atoms with Crippen molar-refractivity contribution in [3.63, 3.8) is 0 Å². The van der Waals surface area contributed by atoms with E-state index in [-0.39, 0.29) is 18.4 Å². The Morgan fingerprint density at radius 2 is 2.07 bits per heavy atom. The Morgan fingerprint density at radius 3 is 2.53 bits per heavy atom. The molecule has 0 spiro atoms. The summed E-state index contributed by atoms with van der Waals surface area (Å²) in [6, 6.07) is -0.103. The van der Waals surface area contributed by atoms with E-state index in [0.717, 1.165) is 6.42 Å². The van der Waals surface area contributed by atoms with Crippen molar-refractivity contribution in [3.8, 4) is 0 Å². The van der Waals surface area contributed by atoms with Crippen LogP contribution in [-0.4, -0.2) is 23.0 Å². The van der Waals surface area contributed by atoms with Crippen LogP contribution in [0.5, 0.6) is 0 Å². The maximum absolute atomic E-state index is 11.5. The molecule has 0 aliphatic carbocycles. The van der Waals surface area contributed by atoms with Crippen LogP contribution in [0.2, 0.25) is 0 Å². The van der Waals surface area contributed by atoms with Crippen molar-refractivity contribution in [2.75, 3.05) is 0 Å². The predicted octanol–water partition coefficient (Wildman–Crippen LogP) is 1.71. The first-order valence-electron chi connectivity index (χ1n) is 5.16. The molecule has 0 aromatic carbocycles. The van der Waals surface area contributed by atoms with Gasteiger partial charge in [0.25, 0.3) is 0 Å². The van der Waals surface area contributed by atoms with Crippen LogP contribution in [0.1, 0.15) is 40.0 Å². The first-order chi connectivity index (χ1) is 6.97. The molecule has 0 radical (unpaired) electrons. The van der Waals surface area contributed by atoms with Gasteiger partial charge in [-0.1, -0.05) is 13.0 Å². The fourth-order valence-corrected chi connectivity index (χ4v) is 1.15. The van der Waals surface area contributed by atoms with Gasteiger partial charge in [-0.3, -0.25) is 9.59 Å². The topological polar surface area (TPSA) is 66.4 Å². The quantitative estimate of drug-likeness (QED) is 0.660. The highest BCUT2D eigenvalue weighted by Gasteiger charge is 2.09. The number of amides is 1. The Hall–Kier alpha value is -1.32. The molecule has 0 rings (SSSR count). The highest BCUT2D eigenvalue weighted by molar-refractivity contribution is 5.92. The van der Waals surface area contributed by atoms with Gasteiger partial charge in [0.2, 0.25) is 5.91 Å². The molecule has 4 nitrogen and oxygen atoms in total. The van der Waals surface area contributed by atoms with Crippen molar-refractivity contribution < 1.29 is 14.7 Å². The molecule has 0 aromatic rings. The van der Waals surface area contributed by atoms with E-state index in [1.54, 1.807) is 13.8 Å². The maximum Gasteiger partial charge on any atom is 0.303 e. The summed E-state index contributed by atoms with van der Waals surface area (Å²) in [6.45, 7) is 5.52. The number of carboxylic acids is 1. The van der Waals surface area contributed by atoms with E-state index in [4.69, 9.17) is 5.11 Å². The predicted molar refractivity (Wildman–Crippen MR) is 58.5 cm³/mol. The van der Waals surface area contributed by atoms with Crippen molar-refractivity contribution in [1.82, 2.24) is 5.32 Å². The third kappa shape index (κ3) is 6.71. The van der Waals surface area contributed by atoms with Crippen molar-refractivity contribution in [2.45, 2.75) is 46.1 Å². The lowest BCUT2D eigenvalue weighted by molar-refractivity contribution is -0.137. The van der Waals surface area contributed by atoms with Crippen LogP contribution >= 0.6 is 0 Å². The Kier molecular flexibility index (Phi) is 6.42. The summed E-state index contributed by atoms with van der Waals surface area (Å²) in [7, 11) is 0. The summed E-state index contributed by atoms with van der Waals surface area (Å²) in [5, 5.41) is 11.2. The number of carbonyl (C=O) groups is 2. The molecule has 0 fully saturated rings. The van der Waals surface area contributed by atoms with Crippen LogP contribution < -0.4 is 5.32 Å². The second-order valence-corrected chi connectivity index (χ2v) is 3.60. The van der Waals surface area contributed by atoms with Crippen LogP contribution in [0.4, 0.5) is 0 Å². The molecule has 0 saturated carbocycles. The van der Waals surface area contributed by atoms with E-state index in [9.17, 15) is 9.59 Å². The van der Waals surface area contributed by atoms with Crippen molar-refractivity contribution in [2.24, 2.45) is 0 Å². The largest absolute Gasteiger partial charge is 0.481 e. The van der Waals surface area contributed by atoms with Gasteiger partial charge in [-0.05, 0) is 26.7 Å². The Labute approximate surface area is 90.4 Å². The second-order valence-electron chi connectivity index (χ2n) is 3.60. The number of aliphatic carboxylic acids is 1. The zero-order valence-electron chi connectivity index (χ0n) is 9.54. The zero-order chi connectivity index (χ0) is 11.8. The Morgan fingerprint density at radius 1 is 1.47 bits per heavy atom. The average Bonchev–Trinajstić information content (AvgIpc) is 2.15. The number of rotatable bonds is 6.